The maximum atomic E-state index is 13.0. The van der Waals surface area contributed by atoms with Crippen LogP contribution in [0.2, 0.25) is 0 Å². The lowest BCUT2D eigenvalue weighted by molar-refractivity contribution is 0.304. The van der Waals surface area contributed by atoms with Gasteiger partial charge in [-0.2, -0.15) is 0 Å². The quantitative estimate of drug-likeness (QED) is 0.791. The molecule has 2 aromatic rings. The third kappa shape index (κ3) is 3.29. The highest BCUT2D eigenvalue weighted by Gasteiger charge is 2.02. The zero-order chi connectivity index (χ0) is 13.0. The number of ether oxygens (including phenoxy) is 1. The Morgan fingerprint density at radius 1 is 0.944 bits per heavy atom. The second kappa shape index (κ2) is 5.63. The topological polar surface area (TPSA) is 9.23 Å². The van der Waals surface area contributed by atoms with Crippen LogP contribution in [0.1, 0.15) is 18.1 Å². The van der Waals surface area contributed by atoms with Gasteiger partial charge in [0.25, 0.3) is 0 Å². The molecule has 0 saturated carbocycles. The molecule has 0 radical (unpaired) electrons. The molecule has 0 N–H and O–H groups in total. The van der Waals surface area contributed by atoms with E-state index in [1.165, 1.54) is 12.1 Å². The Hall–Kier alpha value is -1.90. The van der Waals surface area contributed by atoms with Crippen molar-refractivity contribution in [1.82, 2.24) is 0 Å². The monoisotopic (exact) mass is 248 g/mol. The first-order valence-electron chi connectivity index (χ1n) is 5.84. The van der Waals surface area contributed by atoms with Gasteiger partial charge in [0.2, 0.25) is 0 Å². The second-order valence-corrected chi connectivity index (χ2v) is 4.07. The molecular formula is C15H14F2O. The van der Waals surface area contributed by atoms with Crippen molar-refractivity contribution in [3.05, 3.63) is 65.2 Å². The predicted molar refractivity (Wildman–Crippen MR) is 66.5 cm³/mol. The van der Waals surface area contributed by atoms with E-state index in [0.29, 0.717) is 11.3 Å². The second-order valence-electron chi connectivity index (χ2n) is 4.07. The summed E-state index contributed by atoms with van der Waals surface area (Å²) < 4.78 is 31.5. The van der Waals surface area contributed by atoms with Crippen LogP contribution in [-0.2, 0) is 13.0 Å². The minimum Gasteiger partial charge on any atom is -0.489 e. The van der Waals surface area contributed by atoms with Crippen LogP contribution in [0.3, 0.4) is 0 Å². The molecule has 0 bridgehead atoms. The fraction of sp³-hybridized carbons (Fsp3) is 0.200. The summed E-state index contributed by atoms with van der Waals surface area (Å²) in [6.45, 7) is 2.21. The highest BCUT2D eigenvalue weighted by atomic mass is 19.1. The van der Waals surface area contributed by atoms with Gasteiger partial charge in [-0.25, -0.2) is 8.78 Å². The van der Waals surface area contributed by atoms with Gasteiger partial charge in [-0.1, -0.05) is 19.1 Å². The summed E-state index contributed by atoms with van der Waals surface area (Å²) in [6, 6.07) is 11.1. The van der Waals surface area contributed by atoms with Crippen LogP contribution in [0.15, 0.2) is 42.5 Å². The largest absolute Gasteiger partial charge is 0.489 e. The van der Waals surface area contributed by atoms with Gasteiger partial charge in [-0.05, 0) is 41.8 Å². The van der Waals surface area contributed by atoms with E-state index in [1.807, 2.05) is 24.3 Å². The van der Waals surface area contributed by atoms with E-state index in [-0.39, 0.29) is 6.61 Å². The van der Waals surface area contributed by atoms with Crippen molar-refractivity contribution < 1.29 is 13.5 Å². The standard InChI is InChI=1S/C15H14F2O/c1-2-11-4-3-5-15(8-11)18-10-12-6-13(16)9-14(17)7-12/h3-9H,2,10H2,1H3. The summed E-state index contributed by atoms with van der Waals surface area (Å²) in [5.41, 5.74) is 1.65. The van der Waals surface area contributed by atoms with E-state index in [9.17, 15) is 8.78 Å². The van der Waals surface area contributed by atoms with Crippen molar-refractivity contribution in [2.75, 3.05) is 0 Å². The minimum atomic E-state index is -0.587. The Kier molecular flexibility index (Phi) is 3.92. The maximum absolute atomic E-state index is 13.0. The van der Waals surface area contributed by atoms with Gasteiger partial charge in [0.15, 0.2) is 0 Å². The molecule has 3 heteroatoms. The molecule has 0 unspecified atom stereocenters. The highest BCUT2D eigenvalue weighted by molar-refractivity contribution is 5.29. The molecule has 0 aliphatic carbocycles. The van der Waals surface area contributed by atoms with Gasteiger partial charge in [0, 0.05) is 6.07 Å². The third-order valence-corrected chi connectivity index (χ3v) is 2.63. The number of hydrogen-bond donors (Lipinski definition) is 0. The van der Waals surface area contributed by atoms with Gasteiger partial charge in [-0.15, -0.1) is 0 Å². The Labute approximate surface area is 105 Å². The fourth-order valence-corrected chi connectivity index (χ4v) is 1.72. The lowest BCUT2D eigenvalue weighted by atomic mass is 10.1. The Morgan fingerprint density at radius 3 is 2.33 bits per heavy atom. The Balaban J connectivity index is 2.06. The summed E-state index contributed by atoms with van der Waals surface area (Å²) in [5.74, 6) is -0.467. The summed E-state index contributed by atoms with van der Waals surface area (Å²) in [5, 5.41) is 0. The number of hydrogen-bond acceptors (Lipinski definition) is 1. The number of benzene rings is 2. The lowest BCUT2D eigenvalue weighted by Gasteiger charge is -2.07. The van der Waals surface area contributed by atoms with Crippen LogP contribution in [0.5, 0.6) is 5.75 Å². The summed E-state index contributed by atoms with van der Waals surface area (Å²) in [4.78, 5) is 0. The van der Waals surface area contributed by atoms with Crippen molar-refractivity contribution in [1.29, 1.82) is 0 Å². The Morgan fingerprint density at radius 2 is 1.67 bits per heavy atom. The molecule has 0 fully saturated rings. The Bertz CT molecular complexity index is 518. The van der Waals surface area contributed by atoms with E-state index < -0.39 is 11.6 Å². The zero-order valence-electron chi connectivity index (χ0n) is 10.1. The molecule has 0 spiro atoms. The normalized spacial score (nSPS) is 10.4. The number of halogens is 2. The van der Waals surface area contributed by atoms with E-state index >= 15 is 0 Å². The van der Waals surface area contributed by atoms with Crippen molar-refractivity contribution in [3.8, 4) is 5.75 Å². The zero-order valence-corrected chi connectivity index (χ0v) is 10.1. The van der Waals surface area contributed by atoms with Crippen LogP contribution in [0.25, 0.3) is 0 Å². The summed E-state index contributed by atoms with van der Waals surface area (Å²) in [7, 11) is 0. The molecule has 1 nitrogen and oxygen atoms in total. The lowest BCUT2D eigenvalue weighted by Crippen LogP contribution is -1.97. The molecule has 18 heavy (non-hydrogen) atoms. The first-order valence-corrected chi connectivity index (χ1v) is 5.84. The highest BCUT2D eigenvalue weighted by Crippen LogP contribution is 2.16. The molecule has 2 rings (SSSR count). The summed E-state index contributed by atoms with van der Waals surface area (Å²) in [6.07, 6.45) is 0.922. The molecule has 0 amide bonds. The molecular weight excluding hydrogens is 234 g/mol. The fourth-order valence-electron chi connectivity index (χ4n) is 1.72. The average Bonchev–Trinajstić information content (AvgIpc) is 2.35. The van der Waals surface area contributed by atoms with Crippen molar-refractivity contribution in [3.63, 3.8) is 0 Å². The van der Waals surface area contributed by atoms with Gasteiger partial charge < -0.3 is 4.74 Å². The summed E-state index contributed by atoms with van der Waals surface area (Å²) >= 11 is 0. The number of aryl methyl sites for hydroxylation is 1. The van der Waals surface area contributed by atoms with E-state index in [0.717, 1.165) is 18.1 Å². The molecule has 0 aliphatic heterocycles. The molecule has 0 atom stereocenters. The molecule has 0 aromatic heterocycles. The van der Waals surface area contributed by atoms with Crippen LogP contribution < -0.4 is 4.74 Å². The minimum absolute atomic E-state index is 0.155. The van der Waals surface area contributed by atoms with Crippen LogP contribution in [-0.4, -0.2) is 0 Å². The van der Waals surface area contributed by atoms with Crippen molar-refractivity contribution in [2.24, 2.45) is 0 Å². The van der Waals surface area contributed by atoms with Crippen molar-refractivity contribution >= 4 is 0 Å². The van der Waals surface area contributed by atoms with E-state index in [4.69, 9.17) is 4.74 Å². The molecule has 2 aromatic carbocycles. The van der Waals surface area contributed by atoms with Crippen molar-refractivity contribution in [2.45, 2.75) is 20.0 Å². The maximum Gasteiger partial charge on any atom is 0.126 e. The molecule has 0 aliphatic rings. The van der Waals surface area contributed by atoms with Gasteiger partial charge in [0.05, 0.1) is 0 Å². The van der Waals surface area contributed by atoms with E-state index in [1.54, 1.807) is 0 Å². The first kappa shape index (κ1) is 12.6. The molecule has 0 saturated heterocycles. The first-order chi connectivity index (χ1) is 8.67. The molecule has 0 heterocycles. The third-order valence-electron chi connectivity index (χ3n) is 2.63. The van der Waals surface area contributed by atoms with Gasteiger partial charge >= 0.3 is 0 Å². The van der Waals surface area contributed by atoms with Gasteiger partial charge in [-0.3, -0.25) is 0 Å². The average molecular weight is 248 g/mol. The predicted octanol–water partition coefficient (Wildman–Crippen LogP) is 4.11. The van der Waals surface area contributed by atoms with E-state index in [2.05, 4.69) is 6.92 Å². The van der Waals surface area contributed by atoms with Crippen LogP contribution in [0, 0.1) is 11.6 Å². The smallest absolute Gasteiger partial charge is 0.126 e. The van der Waals surface area contributed by atoms with Crippen LogP contribution >= 0.6 is 0 Å². The number of rotatable bonds is 4. The van der Waals surface area contributed by atoms with Gasteiger partial charge in [0.1, 0.15) is 24.0 Å². The molecule has 94 valence electrons. The van der Waals surface area contributed by atoms with Crippen LogP contribution in [0.4, 0.5) is 8.78 Å². The SMILES string of the molecule is CCc1cccc(OCc2cc(F)cc(F)c2)c1.